The normalized spacial score (nSPS) is 22.8. The van der Waals surface area contributed by atoms with Crippen LogP contribution in [0.3, 0.4) is 0 Å². The SMILES string of the molecule is COc1ccc(NC(=O)[C@@H]2[C@@H]3NC(=S)N(c4cccc(Cl)c4)[C@@]2(C)Oc2ccc(Cl)cc23)cc1. The molecule has 0 saturated carbocycles. The van der Waals surface area contributed by atoms with E-state index in [1.54, 1.807) is 60.5 Å². The van der Waals surface area contributed by atoms with Gasteiger partial charge >= 0.3 is 0 Å². The highest BCUT2D eigenvalue weighted by atomic mass is 35.5. The summed E-state index contributed by atoms with van der Waals surface area (Å²) in [6.07, 6.45) is 0. The van der Waals surface area contributed by atoms with Gasteiger partial charge in [0.15, 0.2) is 10.8 Å². The molecular formula is C25H21Cl2N3O3S. The van der Waals surface area contributed by atoms with Gasteiger partial charge < -0.3 is 20.1 Å². The van der Waals surface area contributed by atoms with Crippen LogP contribution in [0.1, 0.15) is 18.5 Å². The van der Waals surface area contributed by atoms with E-state index in [1.165, 1.54) is 0 Å². The van der Waals surface area contributed by atoms with Crippen molar-refractivity contribution in [3.8, 4) is 11.5 Å². The van der Waals surface area contributed by atoms with Gasteiger partial charge in [0, 0.05) is 27.0 Å². The molecule has 3 aromatic carbocycles. The Kier molecular flexibility index (Phi) is 5.80. The molecule has 2 heterocycles. The highest BCUT2D eigenvalue weighted by molar-refractivity contribution is 7.80. The average Bonchev–Trinajstić information content (AvgIpc) is 2.79. The summed E-state index contributed by atoms with van der Waals surface area (Å²) in [7, 11) is 1.59. The monoisotopic (exact) mass is 513 g/mol. The fourth-order valence-corrected chi connectivity index (χ4v) is 5.43. The van der Waals surface area contributed by atoms with Gasteiger partial charge in [0.25, 0.3) is 0 Å². The van der Waals surface area contributed by atoms with Crippen LogP contribution in [0.25, 0.3) is 0 Å². The van der Waals surface area contributed by atoms with Gasteiger partial charge in [-0.2, -0.15) is 0 Å². The Labute approximate surface area is 212 Å². The van der Waals surface area contributed by atoms with E-state index in [1.807, 2.05) is 25.1 Å². The number of ether oxygens (including phenoxy) is 2. The van der Waals surface area contributed by atoms with Crippen molar-refractivity contribution in [1.29, 1.82) is 0 Å². The lowest BCUT2D eigenvalue weighted by Gasteiger charge is -2.56. The molecule has 9 heteroatoms. The van der Waals surface area contributed by atoms with Crippen LogP contribution in [0.5, 0.6) is 11.5 Å². The third kappa shape index (κ3) is 3.83. The minimum atomic E-state index is -1.14. The molecule has 174 valence electrons. The number of hydrogen-bond acceptors (Lipinski definition) is 4. The van der Waals surface area contributed by atoms with E-state index in [0.29, 0.717) is 38.0 Å². The van der Waals surface area contributed by atoms with Crippen LogP contribution >= 0.6 is 35.4 Å². The second-order valence-electron chi connectivity index (χ2n) is 8.28. The Bertz CT molecular complexity index is 1290. The topological polar surface area (TPSA) is 62.8 Å². The molecule has 1 saturated heterocycles. The Balaban J connectivity index is 1.60. The number of anilines is 2. The lowest BCUT2D eigenvalue weighted by molar-refractivity contribution is -0.130. The maximum Gasteiger partial charge on any atom is 0.236 e. The summed E-state index contributed by atoms with van der Waals surface area (Å²) in [5, 5.41) is 7.89. The van der Waals surface area contributed by atoms with Crippen LogP contribution in [0.4, 0.5) is 11.4 Å². The second-order valence-corrected chi connectivity index (χ2v) is 9.54. The summed E-state index contributed by atoms with van der Waals surface area (Å²) < 4.78 is 11.8. The summed E-state index contributed by atoms with van der Waals surface area (Å²) in [6, 6.07) is 19.4. The first-order valence-corrected chi connectivity index (χ1v) is 11.8. The Morgan fingerprint density at radius 3 is 2.56 bits per heavy atom. The van der Waals surface area contributed by atoms with Crippen molar-refractivity contribution in [3.05, 3.63) is 82.3 Å². The Morgan fingerprint density at radius 1 is 1.12 bits per heavy atom. The average molecular weight is 514 g/mol. The molecule has 3 atom stereocenters. The quantitative estimate of drug-likeness (QED) is 0.429. The number of hydrogen-bond donors (Lipinski definition) is 2. The van der Waals surface area contributed by atoms with E-state index in [4.69, 9.17) is 44.9 Å². The number of thiocarbonyl (C=S) groups is 1. The van der Waals surface area contributed by atoms with Crippen molar-refractivity contribution in [2.24, 2.45) is 5.92 Å². The first kappa shape index (κ1) is 22.8. The summed E-state index contributed by atoms with van der Waals surface area (Å²) in [4.78, 5) is 15.6. The van der Waals surface area contributed by atoms with Gasteiger partial charge in [0.2, 0.25) is 5.91 Å². The Morgan fingerprint density at radius 2 is 1.85 bits per heavy atom. The number of carbonyl (C=O) groups is 1. The molecule has 1 fully saturated rings. The number of fused-ring (bicyclic) bond motifs is 4. The largest absolute Gasteiger partial charge is 0.497 e. The molecule has 0 aliphatic carbocycles. The molecular weight excluding hydrogens is 493 g/mol. The number of carbonyl (C=O) groups excluding carboxylic acids is 1. The van der Waals surface area contributed by atoms with Crippen LogP contribution in [0.15, 0.2) is 66.7 Å². The minimum Gasteiger partial charge on any atom is -0.497 e. The van der Waals surface area contributed by atoms with E-state index in [-0.39, 0.29) is 5.91 Å². The molecule has 0 aromatic heterocycles. The lowest BCUT2D eigenvalue weighted by Crippen LogP contribution is -2.72. The molecule has 6 nitrogen and oxygen atoms in total. The third-order valence-electron chi connectivity index (χ3n) is 6.17. The summed E-state index contributed by atoms with van der Waals surface area (Å²) in [6.45, 7) is 1.86. The third-order valence-corrected chi connectivity index (χ3v) is 6.94. The first-order chi connectivity index (χ1) is 16.3. The van der Waals surface area contributed by atoms with Crippen LogP contribution in [0, 0.1) is 5.92 Å². The van der Waals surface area contributed by atoms with Gasteiger partial charge in [0.05, 0.1) is 13.2 Å². The lowest BCUT2D eigenvalue weighted by atomic mass is 9.78. The van der Waals surface area contributed by atoms with Crippen molar-refractivity contribution in [3.63, 3.8) is 0 Å². The van der Waals surface area contributed by atoms with Gasteiger partial charge in [-0.3, -0.25) is 9.69 Å². The zero-order valence-electron chi connectivity index (χ0n) is 18.3. The number of nitrogens with zero attached hydrogens (tertiary/aromatic N) is 1. The minimum absolute atomic E-state index is 0.231. The molecule has 2 N–H and O–H groups in total. The van der Waals surface area contributed by atoms with E-state index >= 15 is 0 Å². The van der Waals surface area contributed by atoms with Crippen LogP contribution < -0.4 is 25.0 Å². The van der Waals surface area contributed by atoms with Crippen LogP contribution in [-0.4, -0.2) is 23.9 Å². The predicted octanol–water partition coefficient (Wildman–Crippen LogP) is 5.80. The number of rotatable bonds is 4. The molecule has 2 bridgehead atoms. The fraction of sp³-hybridized carbons (Fsp3) is 0.200. The first-order valence-electron chi connectivity index (χ1n) is 10.6. The van der Waals surface area contributed by atoms with Gasteiger partial charge in [0.1, 0.15) is 17.4 Å². The summed E-state index contributed by atoms with van der Waals surface area (Å²) >= 11 is 18.3. The number of amides is 1. The van der Waals surface area contributed by atoms with Crippen molar-refractivity contribution >= 4 is 57.8 Å². The smallest absolute Gasteiger partial charge is 0.236 e. The molecule has 34 heavy (non-hydrogen) atoms. The van der Waals surface area contributed by atoms with E-state index in [9.17, 15) is 4.79 Å². The highest BCUT2D eigenvalue weighted by Gasteiger charge is 2.59. The van der Waals surface area contributed by atoms with Crippen molar-refractivity contribution in [2.45, 2.75) is 18.7 Å². The molecule has 0 unspecified atom stereocenters. The number of nitrogens with one attached hydrogen (secondary N) is 2. The van der Waals surface area contributed by atoms with Gasteiger partial charge in [-0.15, -0.1) is 0 Å². The van der Waals surface area contributed by atoms with Crippen LogP contribution in [-0.2, 0) is 4.79 Å². The number of benzene rings is 3. The molecule has 2 aliphatic heterocycles. The predicted molar refractivity (Wildman–Crippen MR) is 138 cm³/mol. The highest BCUT2D eigenvalue weighted by Crippen LogP contribution is 2.50. The number of methoxy groups -OCH3 is 1. The Hall–Kier alpha value is -3.00. The molecule has 0 spiro atoms. The second kappa shape index (κ2) is 8.65. The molecule has 5 rings (SSSR count). The zero-order valence-corrected chi connectivity index (χ0v) is 20.7. The molecule has 2 aliphatic rings. The zero-order chi connectivity index (χ0) is 24.0. The van der Waals surface area contributed by atoms with E-state index in [0.717, 1.165) is 5.56 Å². The summed E-state index contributed by atoms with van der Waals surface area (Å²) in [5.74, 6) is 0.412. The standard InChI is InChI=1S/C25H21Cl2N3O3S/c1-25-21(23(31)28-16-7-9-18(32-2)10-8-16)22(19-13-15(27)6-11-20(19)33-25)29-24(34)30(25)17-5-3-4-14(26)12-17/h3-13,21-22H,1-2H3,(H,28,31)(H,29,34)/t21-,22+,25-/m0/s1. The van der Waals surface area contributed by atoms with Gasteiger partial charge in [-0.1, -0.05) is 29.3 Å². The maximum atomic E-state index is 13.8. The van der Waals surface area contributed by atoms with Gasteiger partial charge in [-0.05, 0) is 79.8 Å². The molecule has 0 radical (unpaired) electrons. The van der Waals surface area contributed by atoms with Gasteiger partial charge in [-0.25, -0.2) is 0 Å². The molecule has 1 amide bonds. The van der Waals surface area contributed by atoms with Crippen molar-refractivity contribution in [2.75, 3.05) is 17.3 Å². The number of halogens is 2. The summed E-state index contributed by atoms with van der Waals surface area (Å²) in [5.41, 5.74) is 0.981. The van der Waals surface area contributed by atoms with Crippen molar-refractivity contribution < 1.29 is 14.3 Å². The molecule has 3 aromatic rings. The van der Waals surface area contributed by atoms with E-state index < -0.39 is 17.7 Å². The van der Waals surface area contributed by atoms with Crippen LogP contribution in [0.2, 0.25) is 10.0 Å². The van der Waals surface area contributed by atoms with Crippen molar-refractivity contribution in [1.82, 2.24) is 5.32 Å². The van der Waals surface area contributed by atoms with E-state index in [2.05, 4.69) is 10.6 Å². The maximum absolute atomic E-state index is 13.8. The fourth-order valence-electron chi connectivity index (χ4n) is 4.65.